The van der Waals surface area contributed by atoms with E-state index in [0.717, 1.165) is 51.4 Å². The molecule has 0 aliphatic carbocycles. The van der Waals surface area contributed by atoms with Crippen LogP contribution < -0.4 is 5.32 Å². The lowest BCUT2D eigenvalue weighted by molar-refractivity contribution is -0.143. The van der Waals surface area contributed by atoms with E-state index < -0.39 is 12.1 Å². The van der Waals surface area contributed by atoms with Gasteiger partial charge in [0.1, 0.15) is 0 Å². The molecule has 1 amide bonds. The first-order valence-electron chi connectivity index (χ1n) is 32.3. The fourth-order valence-corrected chi connectivity index (χ4v) is 10.0. The maximum absolute atomic E-state index is 12.5. The van der Waals surface area contributed by atoms with Crippen molar-refractivity contribution in [3.05, 3.63) is 36.5 Å². The summed E-state index contributed by atoms with van der Waals surface area (Å²) in [4.78, 5) is 24.5. The highest BCUT2D eigenvalue weighted by Gasteiger charge is 2.18. The molecule has 0 aliphatic heterocycles. The van der Waals surface area contributed by atoms with Gasteiger partial charge in [-0.05, 0) is 51.4 Å². The second kappa shape index (κ2) is 61.6. The summed E-state index contributed by atoms with van der Waals surface area (Å²) in [5.74, 6) is -0.105. The fraction of sp³-hybridized carbons (Fsp3) is 0.879. The number of hydrogen-bond acceptors (Lipinski definition) is 5. The average Bonchev–Trinajstić information content (AvgIpc) is 3.38. The largest absolute Gasteiger partial charge is 0.465 e. The number of hydrogen-bond donors (Lipinski definition) is 3. The van der Waals surface area contributed by atoms with Crippen LogP contribution in [0.15, 0.2) is 36.5 Å². The Morgan fingerprint density at radius 2 is 0.694 bits per heavy atom. The monoisotopic (exact) mass is 1010 g/mol. The molecule has 424 valence electrons. The maximum atomic E-state index is 12.5. The average molecular weight is 1010 g/mol. The third kappa shape index (κ3) is 57.4. The zero-order valence-corrected chi connectivity index (χ0v) is 48.4. The van der Waals surface area contributed by atoms with Gasteiger partial charge in [-0.15, -0.1) is 0 Å². The first-order valence-corrected chi connectivity index (χ1v) is 32.3. The van der Waals surface area contributed by atoms with E-state index in [2.05, 4.69) is 43.5 Å². The molecule has 0 spiro atoms. The van der Waals surface area contributed by atoms with Gasteiger partial charge in [-0.2, -0.15) is 0 Å². The van der Waals surface area contributed by atoms with Crippen LogP contribution in [0, 0.1) is 0 Å². The third-order valence-corrected chi connectivity index (χ3v) is 14.9. The van der Waals surface area contributed by atoms with Crippen molar-refractivity contribution in [2.24, 2.45) is 0 Å². The van der Waals surface area contributed by atoms with E-state index in [9.17, 15) is 19.8 Å². The molecule has 3 N–H and O–H groups in total. The minimum absolute atomic E-state index is 0.0349. The van der Waals surface area contributed by atoms with Gasteiger partial charge in [0.25, 0.3) is 0 Å². The van der Waals surface area contributed by atoms with Crippen molar-refractivity contribution in [3.63, 3.8) is 0 Å². The van der Waals surface area contributed by atoms with Crippen molar-refractivity contribution in [1.29, 1.82) is 0 Å². The van der Waals surface area contributed by atoms with Crippen molar-refractivity contribution >= 4 is 11.9 Å². The Balaban J connectivity index is 3.48. The molecule has 0 fully saturated rings. The highest BCUT2D eigenvalue weighted by molar-refractivity contribution is 5.76. The van der Waals surface area contributed by atoms with E-state index in [1.54, 1.807) is 6.08 Å². The fourth-order valence-electron chi connectivity index (χ4n) is 10.0. The second-order valence-electron chi connectivity index (χ2n) is 22.1. The quantitative estimate of drug-likeness (QED) is 0.0320. The number of carbonyl (C=O) groups excluding carboxylic acids is 2. The van der Waals surface area contributed by atoms with E-state index in [1.807, 2.05) is 6.08 Å². The van der Waals surface area contributed by atoms with Crippen LogP contribution in [0.1, 0.15) is 348 Å². The molecule has 0 aromatic heterocycles. The molecule has 0 saturated carbocycles. The van der Waals surface area contributed by atoms with Crippen molar-refractivity contribution in [1.82, 2.24) is 5.32 Å². The van der Waals surface area contributed by atoms with Gasteiger partial charge in [-0.1, -0.05) is 320 Å². The summed E-state index contributed by atoms with van der Waals surface area (Å²) in [5.41, 5.74) is 0. The summed E-state index contributed by atoms with van der Waals surface area (Å²) >= 11 is 0. The highest BCUT2D eigenvalue weighted by Crippen LogP contribution is 2.18. The van der Waals surface area contributed by atoms with Crippen LogP contribution in [0.2, 0.25) is 0 Å². The first kappa shape index (κ1) is 70.1. The SMILES string of the molecule is CCCCCCCCCCCCCCCCCCCCCC/C=C/C(O)C(CO)NC(=O)CCCCCCCCCCCCCCCC/C=C\C/C=C\CCOC(=O)CCCCCCCCCCCCCC. The van der Waals surface area contributed by atoms with Crippen LogP contribution in [0.3, 0.4) is 0 Å². The van der Waals surface area contributed by atoms with Gasteiger partial charge in [-0.3, -0.25) is 9.59 Å². The van der Waals surface area contributed by atoms with Gasteiger partial charge in [0.2, 0.25) is 5.91 Å². The predicted molar refractivity (Wildman–Crippen MR) is 315 cm³/mol. The summed E-state index contributed by atoms with van der Waals surface area (Å²) in [6, 6.07) is -0.633. The van der Waals surface area contributed by atoms with Gasteiger partial charge < -0.3 is 20.3 Å². The van der Waals surface area contributed by atoms with E-state index >= 15 is 0 Å². The number of esters is 1. The second-order valence-corrected chi connectivity index (χ2v) is 22.1. The molecular weight excluding hydrogens is 887 g/mol. The van der Waals surface area contributed by atoms with Crippen LogP contribution in [0.4, 0.5) is 0 Å². The Morgan fingerprint density at radius 3 is 1.06 bits per heavy atom. The van der Waals surface area contributed by atoms with Gasteiger partial charge >= 0.3 is 5.97 Å². The molecule has 72 heavy (non-hydrogen) atoms. The molecule has 6 nitrogen and oxygen atoms in total. The zero-order chi connectivity index (χ0) is 52.2. The molecule has 0 saturated heterocycles. The molecule has 0 aromatic carbocycles. The van der Waals surface area contributed by atoms with Crippen molar-refractivity contribution in [2.45, 2.75) is 360 Å². The summed E-state index contributed by atoms with van der Waals surface area (Å²) < 4.78 is 5.41. The highest BCUT2D eigenvalue weighted by atomic mass is 16.5. The van der Waals surface area contributed by atoms with Crippen molar-refractivity contribution < 1.29 is 24.5 Å². The van der Waals surface area contributed by atoms with E-state index in [0.29, 0.717) is 19.4 Å². The molecule has 2 atom stereocenters. The minimum atomic E-state index is -0.849. The van der Waals surface area contributed by atoms with Crippen LogP contribution >= 0.6 is 0 Å². The minimum Gasteiger partial charge on any atom is -0.465 e. The summed E-state index contributed by atoms with van der Waals surface area (Å²) in [5, 5.41) is 23.2. The van der Waals surface area contributed by atoms with E-state index in [1.165, 1.54) is 270 Å². The number of nitrogens with one attached hydrogen (secondary N) is 1. The number of carbonyl (C=O) groups is 2. The lowest BCUT2D eigenvalue weighted by Crippen LogP contribution is -2.45. The number of aliphatic hydroxyl groups is 2. The van der Waals surface area contributed by atoms with Gasteiger partial charge in [0.05, 0.1) is 25.4 Å². The molecule has 0 rings (SSSR count). The molecule has 6 heteroatoms. The zero-order valence-electron chi connectivity index (χ0n) is 48.4. The van der Waals surface area contributed by atoms with E-state index in [4.69, 9.17) is 4.74 Å². The predicted octanol–water partition coefficient (Wildman–Crippen LogP) is 20.4. The lowest BCUT2D eigenvalue weighted by Gasteiger charge is -2.20. The number of aliphatic hydroxyl groups excluding tert-OH is 2. The van der Waals surface area contributed by atoms with Crippen molar-refractivity contribution in [2.75, 3.05) is 13.2 Å². The number of rotatable bonds is 60. The van der Waals surface area contributed by atoms with Crippen LogP contribution in [0.5, 0.6) is 0 Å². The topological polar surface area (TPSA) is 95.9 Å². The summed E-state index contributed by atoms with van der Waals surface area (Å²) in [7, 11) is 0. The normalized spacial score (nSPS) is 12.8. The maximum Gasteiger partial charge on any atom is 0.305 e. The molecule has 2 unspecified atom stereocenters. The lowest BCUT2D eigenvalue weighted by atomic mass is 10.0. The Bertz CT molecular complexity index is 1170. The molecule has 0 radical (unpaired) electrons. The van der Waals surface area contributed by atoms with Gasteiger partial charge in [0, 0.05) is 12.8 Å². The van der Waals surface area contributed by atoms with Gasteiger partial charge in [0.15, 0.2) is 0 Å². The summed E-state index contributed by atoms with van der Waals surface area (Å²) in [6.07, 6.45) is 77.8. The first-order chi connectivity index (χ1) is 35.5. The standard InChI is InChI=1S/C66H125NO5/c1-3-5-7-9-11-13-15-17-18-19-20-21-23-26-29-32-35-38-42-46-50-54-58-64(69)63(62-68)67-65(70)59-55-51-47-43-39-36-33-30-27-24-22-25-28-31-34-37-41-45-49-53-57-61-72-66(71)60-56-52-48-44-40-16-14-12-10-8-6-4-2/h37,41,49,53-54,58,63-64,68-69H,3-36,38-40,42-48,50-52,55-57,59-62H2,1-2H3,(H,67,70)/b41-37-,53-49-,58-54+. The van der Waals surface area contributed by atoms with Crippen LogP contribution in [-0.2, 0) is 14.3 Å². The molecular formula is C66H125NO5. The van der Waals surface area contributed by atoms with Gasteiger partial charge in [-0.25, -0.2) is 0 Å². The van der Waals surface area contributed by atoms with Crippen molar-refractivity contribution in [3.8, 4) is 0 Å². The molecule has 0 bridgehead atoms. The Morgan fingerprint density at radius 1 is 0.389 bits per heavy atom. The molecule has 0 aromatic rings. The smallest absolute Gasteiger partial charge is 0.305 e. The Kier molecular flexibility index (Phi) is 60.0. The van der Waals surface area contributed by atoms with Crippen LogP contribution in [-0.4, -0.2) is 47.4 Å². The number of ether oxygens (including phenoxy) is 1. The number of unbranched alkanes of at least 4 members (excludes halogenated alkanes) is 45. The third-order valence-electron chi connectivity index (χ3n) is 14.9. The van der Waals surface area contributed by atoms with E-state index in [-0.39, 0.29) is 18.5 Å². The Hall–Kier alpha value is -1.92. The Labute approximate surface area is 449 Å². The number of allylic oxidation sites excluding steroid dienone is 4. The van der Waals surface area contributed by atoms with Crippen LogP contribution in [0.25, 0.3) is 0 Å². The number of amides is 1. The summed E-state index contributed by atoms with van der Waals surface area (Å²) in [6.45, 7) is 4.82. The molecule has 0 heterocycles. The molecule has 0 aliphatic rings.